The van der Waals surface area contributed by atoms with E-state index in [1.54, 1.807) is 18.4 Å². The maximum absolute atomic E-state index is 5.79. The Morgan fingerprint density at radius 2 is 2.15 bits per heavy atom. The van der Waals surface area contributed by atoms with Gasteiger partial charge in [0, 0.05) is 25.6 Å². The molecule has 4 nitrogen and oxygen atoms in total. The molecule has 0 aliphatic heterocycles. The number of nitrogens with one attached hydrogen (secondary N) is 1. The molecule has 108 valence electrons. The number of benzene rings is 1. The summed E-state index contributed by atoms with van der Waals surface area (Å²) in [5.74, 6) is 0.919. The van der Waals surface area contributed by atoms with Crippen molar-refractivity contribution in [2.75, 3.05) is 20.3 Å². The van der Waals surface area contributed by atoms with Crippen LogP contribution in [0, 0.1) is 6.92 Å². The van der Waals surface area contributed by atoms with E-state index in [-0.39, 0.29) is 0 Å². The number of methoxy groups -OCH3 is 1. The van der Waals surface area contributed by atoms with Gasteiger partial charge in [-0.3, -0.25) is 0 Å². The van der Waals surface area contributed by atoms with Crippen LogP contribution in [0.3, 0.4) is 0 Å². The van der Waals surface area contributed by atoms with Crippen molar-refractivity contribution in [1.29, 1.82) is 0 Å². The molecule has 0 aliphatic rings. The van der Waals surface area contributed by atoms with Gasteiger partial charge in [0.05, 0.1) is 12.3 Å². The van der Waals surface area contributed by atoms with Gasteiger partial charge < -0.3 is 14.8 Å². The molecule has 0 atom stereocenters. The lowest BCUT2D eigenvalue weighted by Gasteiger charge is -2.06. The Bertz CT molecular complexity index is 528. The summed E-state index contributed by atoms with van der Waals surface area (Å²) in [6.07, 6.45) is 0. The van der Waals surface area contributed by atoms with Gasteiger partial charge in [-0.15, -0.1) is 11.3 Å². The van der Waals surface area contributed by atoms with E-state index in [0.29, 0.717) is 13.2 Å². The lowest BCUT2D eigenvalue weighted by molar-refractivity contribution is 0.199. The van der Waals surface area contributed by atoms with Gasteiger partial charge in [0.15, 0.2) is 0 Å². The van der Waals surface area contributed by atoms with Crippen LogP contribution in [0.2, 0.25) is 0 Å². The summed E-state index contributed by atoms with van der Waals surface area (Å²) < 4.78 is 10.8. The Hall–Kier alpha value is -1.43. The van der Waals surface area contributed by atoms with Crippen molar-refractivity contribution in [3.05, 3.63) is 45.9 Å². The molecule has 20 heavy (non-hydrogen) atoms. The van der Waals surface area contributed by atoms with Crippen molar-refractivity contribution in [3.8, 4) is 5.75 Å². The summed E-state index contributed by atoms with van der Waals surface area (Å²) in [6, 6.07) is 8.02. The summed E-state index contributed by atoms with van der Waals surface area (Å²) in [5.41, 5.74) is 2.19. The van der Waals surface area contributed by atoms with Gasteiger partial charge in [0.25, 0.3) is 0 Å². The van der Waals surface area contributed by atoms with E-state index in [0.717, 1.165) is 35.1 Å². The zero-order chi connectivity index (χ0) is 14.2. The highest BCUT2D eigenvalue weighted by Crippen LogP contribution is 2.19. The average molecular weight is 292 g/mol. The fourth-order valence-corrected chi connectivity index (χ4v) is 2.45. The molecule has 5 heteroatoms. The number of hydrogen-bond donors (Lipinski definition) is 1. The molecule has 0 bridgehead atoms. The Balaban J connectivity index is 1.79. The lowest BCUT2D eigenvalue weighted by atomic mass is 10.2. The van der Waals surface area contributed by atoms with E-state index in [2.05, 4.69) is 15.7 Å². The molecule has 0 fully saturated rings. The first-order valence-electron chi connectivity index (χ1n) is 6.61. The third-order valence-electron chi connectivity index (χ3n) is 2.83. The highest BCUT2D eigenvalue weighted by molar-refractivity contribution is 7.09. The molecule has 2 aromatic rings. The van der Waals surface area contributed by atoms with E-state index < -0.39 is 0 Å². The van der Waals surface area contributed by atoms with E-state index in [1.807, 2.05) is 31.2 Å². The van der Waals surface area contributed by atoms with Gasteiger partial charge in [0.2, 0.25) is 0 Å². The second-order valence-corrected chi connectivity index (χ2v) is 5.40. The van der Waals surface area contributed by atoms with Gasteiger partial charge in [-0.1, -0.05) is 18.2 Å². The molecule has 2 rings (SSSR count). The molecule has 1 heterocycles. The summed E-state index contributed by atoms with van der Waals surface area (Å²) in [6.45, 7) is 4.89. The topological polar surface area (TPSA) is 43.4 Å². The average Bonchev–Trinajstić information content (AvgIpc) is 2.91. The van der Waals surface area contributed by atoms with Crippen LogP contribution in [0.15, 0.2) is 29.6 Å². The number of aryl methyl sites for hydroxylation is 1. The number of aromatic nitrogens is 1. The van der Waals surface area contributed by atoms with E-state index in [1.165, 1.54) is 0 Å². The first kappa shape index (κ1) is 15.0. The van der Waals surface area contributed by atoms with Crippen molar-refractivity contribution in [1.82, 2.24) is 10.3 Å². The number of nitrogens with zero attached hydrogens (tertiary/aromatic N) is 1. The largest absolute Gasteiger partial charge is 0.486 e. The van der Waals surface area contributed by atoms with Crippen LogP contribution in [-0.2, 0) is 17.9 Å². The molecule has 1 aromatic carbocycles. The van der Waals surface area contributed by atoms with Crippen LogP contribution in [0.5, 0.6) is 5.75 Å². The zero-order valence-electron chi connectivity index (χ0n) is 11.9. The highest BCUT2D eigenvalue weighted by Gasteiger charge is 2.04. The van der Waals surface area contributed by atoms with E-state index in [4.69, 9.17) is 9.47 Å². The summed E-state index contributed by atoms with van der Waals surface area (Å²) in [7, 11) is 1.70. The maximum atomic E-state index is 5.79. The van der Waals surface area contributed by atoms with E-state index in [9.17, 15) is 0 Å². The Morgan fingerprint density at radius 1 is 1.30 bits per heavy atom. The molecule has 0 amide bonds. The number of thiazole rings is 1. The Kier molecular flexibility index (Phi) is 5.98. The minimum atomic E-state index is 0.521. The van der Waals surface area contributed by atoms with Crippen LogP contribution in [0.4, 0.5) is 0 Å². The minimum Gasteiger partial charge on any atom is -0.486 e. The molecule has 0 saturated carbocycles. The minimum absolute atomic E-state index is 0.521. The molecule has 0 aliphatic carbocycles. The molecule has 0 unspecified atom stereocenters. The first-order valence-corrected chi connectivity index (χ1v) is 7.49. The second kappa shape index (κ2) is 7.99. The lowest BCUT2D eigenvalue weighted by Crippen LogP contribution is -2.18. The third kappa shape index (κ3) is 4.59. The predicted octanol–water partition coefficient (Wildman–Crippen LogP) is 2.77. The fraction of sp³-hybridized carbons (Fsp3) is 0.400. The van der Waals surface area contributed by atoms with Crippen molar-refractivity contribution < 1.29 is 9.47 Å². The van der Waals surface area contributed by atoms with Gasteiger partial charge in [0.1, 0.15) is 17.4 Å². The molecule has 1 aromatic heterocycles. The standard InChI is InChI=1S/C15H20N2O2S/c1-12-5-3-4-6-14(12)19-10-15-17-13(11-20-15)9-16-7-8-18-2/h3-6,11,16H,7-10H2,1-2H3. The van der Waals surface area contributed by atoms with Gasteiger partial charge in [-0.25, -0.2) is 4.98 Å². The highest BCUT2D eigenvalue weighted by atomic mass is 32.1. The van der Waals surface area contributed by atoms with Crippen LogP contribution in [0.1, 0.15) is 16.3 Å². The van der Waals surface area contributed by atoms with Crippen molar-refractivity contribution in [2.24, 2.45) is 0 Å². The van der Waals surface area contributed by atoms with Gasteiger partial charge in [-0.2, -0.15) is 0 Å². The number of rotatable bonds is 8. The quantitative estimate of drug-likeness (QED) is 0.760. The van der Waals surface area contributed by atoms with Crippen LogP contribution >= 0.6 is 11.3 Å². The Morgan fingerprint density at radius 3 is 2.95 bits per heavy atom. The molecular weight excluding hydrogens is 272 g/mol. The molecular formula is C15H20N2O2S. The monoisotopic (exact) mass is 292 g/mol. The molecule has 0 radical (unpaired) electrons. The Labute approximate surface area is 123 Å². The smallest absolute Gasteiger partial charge is 0.140 e. The zero-order valence-corrected chi connectivity index (χ0v) is 12.7. The molecule has 0 spiro atoms. The third-order valence-corrected chi connectivity index (χ3v) is 3.70. The van der Waals surface area contributed by atoms with Crippen LogP contribution in [-0.4, -0.2) is 25.2 Å². The van der Waals surface area contributed by atoms with Crippen LogP contribution < -0.4 is 10.1 Å². The molecule has 1 N–H and O–H groups in total. The summed E-state index contributed by atoms with van der Waals surface area (Å²) in [4.78, 5) is 4.54. The van der Waals surface area contributed by atoms with E-state index >= 15 is 0 Å². The predicted molar refractivity (Wildman–Crippen MR) is 81.2 cm³/mol. The summed E-state index contributed by atoms with van der Waals surface area (Å²) >= 11 is 1.63. The second-order valence-electron chi connectivity index (χ2n) is 4.46. The number of ether oxygens (including phenoxy) is 2. The van der Waals surface area contributed by atoms with Gasteiger partial charge >= 0.3 is 0 Å². The van der Waals surface area contributed by atoms with Crippen molar-refractivity contribution in [3.63, 3.8) is 0 Å². The molecule has 0 saturated heterocycles. The first-order chi connectivity index (χ1) is 9.79. The number of hydrogen-bond acceptors (Lipinski definition) is 5. The number of para-hydroxylation sites is 1. The fourth-order valence-electron chi connectivity index (χ4n) is 1.74. The normalized spacial score (nSPS) is 10.7. The van der Waals surface area contributed by atoms with Crippen molar-refractivity contribution in [2.45, 2.75) is 20.1 Å². The maximum Gasteiger partial charge on any atom is 0.140 e. The van der Waals surface area contributed by atoms with Crippen LogP contribution in [0.25, 0.3) is 0 Å². The van der Waals surface area contributed by atoms with Crippen molar-refractivity contribution >= 4 is 11.3 Å². The van der Waals surface area contributed by atoms with Gasteiger partial charge in [-0.05, 0) is 18.6 Å². The summed E-state index contributed by atoms with van der Waals surface area (Å²) in [5, 5.41) is 6.34. The SMILES string of the molecule is COCCNCc1csc(COc2ccccc2C)n1.